The highest BCUT2D eigenvalue weighted by Gasteiger charge is 2.01. The molecule has 0 aromatic heterocycles. The molecule has 0 bridgehead atoms. The summed E-state index contributed by atoms with van der Waals surface area (Å²) >= 11 is 0. The summed E-state index contributed by atoms with van der Waals surface area (Å²) in [6.07, 6.45) is 10.4. The Morgan fingerprint density at radius 1 is 1.09 bits per heavy atom. The maximum Gasteiger partial charge on any atom is 0.123 e. The average Bonchev–Trinajstić information content (AvgIpc) is 2.59. The van der Waals surface area contributed by atoms with Crippen LogP contribution in [-0.4, -0.2) is 0 Å². The SMILES string of the molecule is C=C/C(OCc1ccc(F)cc1)=C(\C=C/CC)CC.CCCC. The van der Waals surface area contributed by atoms with Crippen molar-refractivity contribution in [2.45, 2.75) is 60.0 Å². The Hall–Kier alpha value is -1.83. The van der Waals surface area contributed by atoms with Gasteiger partial charge in [-0.3, -0.25) is 0 Å². The minimum atomic E-state index is -0.233. The van der Waals surface area contributed by atoms with Crippen LogP contribution in [0.25, 0.3) is 0 Å². The summed E-state index contributed by atoms with van der Waals surface area (Å²) in [6.45, 7) is 12.7. The Morgan fingerprint density at radius 3 is 2.13 bits per heavy atom. The van der Waals surface area contributed by atoms with Gasteiger partial charge in [-0.05, 0) is 42.2 Å². The Kier molecular flexibility index (Phi) is 12.7. The molecular formula is C21H31FO. The van der Waals surface area contributed by atoms with Crippen molar-refractivity contribution in [1.29, 1.82) is 0 Å². The van der Waals surface area contributed by atoms with Crippen LogP contribution in [0.2, 0.25) is 0 Å². The number of allylic oxidation sites excluding steroid dienone is 4. The van der Waals surface area contributed by atoms with E-state index in [9.17, 15) is 4.39 Å². The lowest BCUT2D eigenvalue weighted by Gasteiger charge is -2.10. The molecular weight excluding hydrogens is 287 g/mol. The molecule has 1 nitrogen and oxygen atoms in total. The minimum Gasteiger partial charge on any atom is -0.489 e. The Morgan fingerprint density at radius 2 is 1.70 bits per heavy atom. The van der Waals surface area contributed by atoms with E-state index in [1.807, 2.05) is 0 Å². The van der Waals surface area contributed by atoms with Crippen molar-refractivity contribution in [3.63, 3.8) is 0 Å². The van der Waals surface area contributed by atoms with E-state index < -0.39 is 0 Å². The van der Waals surface area contributed by atoms with Crippen molar-refractivity contribution in [3.8, 4) is 0 Å². The molecule has 1 rings (SSSR count). The summed E-state index contributed by atoms with van der Waals surface area (Å²) in [6, 6.07) is 6.33. The Bertz CT molecular complexity index is 481. The Labute approximate surface area is 141 Å². The van der Waals surface area contributed by atoms with Gasteiger partial charge < -0.3 is 4.74 Å². The molecule has 1 aromatic rings. The first-order chi connectivity index (χ1) is 11.1. The highest BCUT2D eigenvalue weighted by atomic mass is 19.1. The molecule has 0 spiro atoms. The lowest BCUT2D eigenvalue weighted by Crippen LogP contribution is -1.95. The van der Waals surface area contributed by atoms with Crippen molar-refractivity contribution in [2.24, 2.45) is 0 Å². The molecule has 0 N–H and O–H groups in total. The summed E-state index contributed by atoms with van der Waals surface area (Å²) in [5.74, 6) is 0.555. The van der Waals surface area contributed by atoms with Gasteiger partial charge in [0.15, 0.2) is 0 Å². The van der Waals surface area contributed by atoms with Crippen LogP contribution in [-0.2, 0) is 11.3 Å². The fraction of sp³-hybridized carbons (Fsp3) is 0.429. The normalized spacial score (nSPS) is 11.5. The zero-order chi connectivity index (χ0) is 17.5. The highest BCUT2D eigenvalue weighted by Crippen LogP contribution is 2.16. The third-order valence-electron chi connectivity index (χ3n) is 3.25. The van der Waals surface area contributed by atoms with Gasteiger partial charge in [0.1, 0.15) is 18.2 Å². The van der Waals surface area contributed by atoms with E-state index >= 15 is 0 Å². The second kappa shape index (κ2) is 13.8. The van der Waals surface area contributed by atoms with Crippen LogP contribution >= 0.6 is 0 Å². The van der Waals surface area contributed by atoms with Gasteiger partial charge in [-0.1, -0.05) is 71.4 Å². The monoisotopic (exact) mass is 318 g/mol. The van der Waals surface area contributed by atoms with Crippen LogP contribution < -0.4 is 0 Å². The minimum absolute atomic E-state index is 0.233. The van der Waals surface area contributed by atoms with Gasteiger partial charge in [0, 0.05) is 0 Å². The van der Waals surface area contributed by atoms with E-state index in [2.05, 4.69) is 46.4 Å². The van der Waals surface area contributed by atoms with Crippen LogP contribution in [0.3, 0.4) is 0 Å². The van der Waals surface area contributed by atoms with Gasteiger partial charge in [-0.25, -0.2) is 4.39 Å². The molecule has 0 aliphatic heterocycles. The van der Waals surface area contributed by atoms with E-state index in [0.717, 1.165) is 29.7 Å². The molecule has 0 aliphatic rings. The van der Waals surface area contributed by atoms with Crippen LogP contribution in [0.4, 0.5) is 4.39 Å². The molecule has 128 valence electrons. The topological polar surface area (TPSA) is 9.23 Å². The number of hydrogen-bond acceptors (Lipinski definition) is 1. The lowest BCUT2D eigenvalue weighted by atomic mass is 10.1. The molecule has 1 aromatic carbocycles. The summed E-state index contributed by atoms with van der Waals surface area (Å²) < 4.78 is 18.6. The smallest absolute Gasteiger partial charge is 0.123 e. The number of benzene rings is 1. The second-order valence-corrected chi connectivity index (χ2v) is 5.17. The quantitative estimate of drug-likeness (QED) is 0.371. The van der Waals surface area contributed by atoms with Crippen molar-refractivity contribution in [2.75, 3.05) is 0 Å². The molecule has 0 fully saturated rings. The van der Waals surface area contributed by atoms with E-state index in [1.165, 1.54) is 25.0 Å². The summed E-state index contributed by atoms with van der Waals surface area (Å²) in [4.78, 5) is 0. The first kappa shape index (κ1) is 21.2. The average molecular weight is 318 g/mol. The molecule has 23 heavy (non-hydrogen) atoms. The van der Waals surface area contributed by atoms with E-state index in [4.69, 9.17) is 4.74 Å². The molecule has 0 atom stereocenters. The maximum atomic E-state index is 12.8. The summed E-state index contributed by atoms with van der Waals surface area (Å²) in [5.41, 5.74) is 2.06. The number of ether oxygens (including phenoxy) is 1. The number of halogens is 1. The van der Waals surface area contributed by atoms with E-state index in [-0.39, 0.29) is 5.82 Å². The predicted octanol–water partition coefficient (Wildman–Crippen LogP) is 6.97. The van der Waals surface area contributed by atoms with Gasteiger partial charge >= 0.3 is 0 Å². The van der Waals surface area contributed by atoms with Gasteiger partial charge in [0.2, 0.25) is 0 Å². The molecule has 0 radical (unpaired) electrons. The fourth-order valence-electron chi connectivity index (χ4n) is 1.66. The van der Waals surface area contributed by atoms with Crippen LogP contribution in [0.15, 0.2) is 60.4 Å². The molecule has 0 heterocycles. The molecule has 0 aliphatic carbocycles. The van der Waals surface area contributed by atoms with Gasteiger partial charge in [-0.2, -0.15) is 0 Å². The predicted molar refractivity (Wildman–Crippen MR) is 98.7 cm³/mol. The largest absolute Gasteiger partial charge is 0.489 e. The number of hydrogen-bond donors (Lipinski definition) is 0. The van der Waals surface area contributed by atoms with Gasteiger partial charge in [0.25, 0.3) is 0 Å². The highest BCUT2D eigenvalue weighted by molar-refractivity contribution is 5.28. The van der Waals surface area contributed by atoms with Crippen LogP contribution in [0.5, 0.6) is 0 Å². The maximum absolute atomic E-state index is 12.8. The van der Waals surface area contributed by atoms with Crippen LogP contribution in [0.1, 0.15) is 58.9 Å². The standard InChI is InChI=1S/C17H21FO.C4H10/c1-4-7-8-15(5-2)17(6-3)19-13-14-9-11-16(18)12-10-14;1-3-4-2/h6-12H,3-5,13H2,1-2H3;3-4H2,1-2H3/b8-7-,17-15+;. The molecule has 0 amide bonds. The summed E-state index contributed by atoms with van der Waals surface area (Å²) in [5, 5.41) is 0. The molecule has 0 unspecified atom stereocenters. The van der Waals surface area contributed by atoms with Gasteiger partial charge in [0.05, 0.1) is 0 Å². The van der Waals surface area contributed by atoms with Crippen molar-refractivity contribution in [3.05, 3.63) is 71.8 Å². The molecule has 0 saturated carbocycles. The lowest BCUT2D eigenvalue weighted by molar-refractivity contribution is 0.208. The summed E-state index contributed by atoms with van der Waals surface area (Å²) in [7, 11) is 0. The third kappa shape index (κ3) is 9.72. The van der Waals surface area contributed by atoms with Crippen molar-refractivity contribution >= 4 is 0 Å². The van der Waals surface area contributed by atoms with Crippen molar-refractivity contribution < 1.29 is 9.13 Å². The van der Waals surface area contributed by atoms with Crippen LogP contribution in [0, 0.1) is 5.82 Å². The first-order valence-corrected chi connectivity index (χ1v) is 8.52. The van der Waals surface area contributed by atoms with E-state index in [1.54, 1.807) is 18.2 Å². The first-order valence-electron chi connectivity index (χ1n) is 8.52. The number of rotatable bonds is 8. The second-order valence-electron chi connectivity index (χ2n) is 5.17. The van der Waals surface area contributed by atoms with Gasteiger partial charge in [-0.15, -0.1) is 0 Å². The zero-order valence-electron chi connectivity index (χ0n) is 15.1. The molecule has 0 saturated heterocycles. The fourth-order valence-corrected chi connectivity index (χ4v) is 1.66. The Balaban J connectivity index is 0.00000108. The number of unbranched alkanes of at least 4 members (excludes halogenated alkanes) is 1. The van der Waals surface area contributed by atoms with Crippen molar-refractivity contribution in [1.82, 2.24) is 0 Å². The zero-order valence-corrected chi connectivity index (χ0v) is 15.1. The van der Waals surface area contributed by atoms with E-state index in [0.29, 0.717) is 6.61 Å². The molecule has 2 heteroatoms. The third-order valence-corrected chi connectivity index (χ3v) is 3.25.